The molecule has 0 radical (unpaired) electrons. The van der Waals surface area contributed by atoms with Crippen LogP contribution in [-0.2, 0) is 10.4 Å². The van der Waals surface area contributed by atoms with Gasteiger partial charge in [0.25, 0.3) is 0 Å². The van der Waals surface area contributed by atoms with Crippen molar-refractivity contribution in [3.05, 3.63) is 0 Å². The van der Waals surface area contributed by atoms with Crippen molar-refractivity contribution in [2.24, 2.45) is 0 Å². The highest BCUT2D eigenvalue weighted by molar-refractivity contribution is 7.79. The van der Waals surface area contributed by atoms with E-state index in [0.29, 0.717) is 0 Å². The molecule has 0 aliphatic carbocycles. The van der Waals surface area contributed by atoms with Gasteiger partial charge >= 0.3 is 0 Å². The first-order valence-electron chi connectivity index (χ1n) is 2.90. The van der Waals surface area contributed by atoms with E-state index in [1.807, 2.05) is 0 Å². The second-order valence-corrected chi connectivity index (χ2v) is 2.33. The Labute approximate surface area is 61.0 Å². The zero-order valence-corrected chi connectivity index (χ0v) is 6.85. The Hall–Kier alpha value is -0.170. The topological polar surface area (TPSA) is 96.9 Å². The van der Waals surface area contributed by atoms with Crippen molar-refractivity contribution in [2.75, 3.05) is 13.1 Å². The fourth-order valence-electron chi connectivity index (χ4n) is 0.289. The summed E-state index contributed by atoms with van der Waals surface area (Å²) in [5, 5.41) is 2.25. The molecular formula is C4H12NO4S-. The van der Waals surface area contributed by atoms with E-state index in [2.05, 4.69) is 19.2 Å². The lowest BCUT2D eigenvalue weighted by Crippen LogP contribution is -2.82. The smallest absolute Gasteiger partial charge is 0.0726 e. The highest BCUT2D eigenvalue weighted by atomic mass is 32.3. The van der Waals surface area contributed by atoms with Gasteiger partial charge in [-0.05, 0) is 13.8 Å². The first-order valence-corrected chi connectivity index (χ1v) is 4.23. The molecule has 5 nitrogen and oxygen atoms in total. The predicted octanol–water partition coefficient (Wildman–Crippen LogP) is -1.75. The Morgan fingerprint density at radius 1 is 1.20 bits per heavy atom. The molecule has 64 valence electrons. The van der Waals surface area contributed by atoms with Crippen molar-refractivity contribution in [1.82, 2.24) is 0 Å². The summed E-state index contributed by atoms with van der Waals surface area (Å²) in [6, 6.07) is 0. The van der Waals surface area contributed by atoms with Crippen LogP contribution < -0.4 is 5.32 Å². The normalized spacial score (nSPS) is 10.0. The quantitative estimate of drug-likeness (QED) is 0.392. The number of rotatable bonds is 2. The Kier molecular flexibility index (Phi) is 8.68. The van der Waals surface area contributed by atoms with Crippen LogP contribution in [0.25, 0.3) is 0 Å². The van der Waals surface area contributed by atoms with Gasteiger partial charge < -0.3 is 14.4 Å². The molecule has 0 aromatic carbocycles. The van der Waals surface area contributed by atoms with E-state index in [9.17, 15) is 0 Å². The van der Waals surface area contributed by atoms with Gasteiger partial charge in [0, 0.05) is 10.4 Å². The maximum Gasteiger partial charge on any atom is 0.0726 e. The fourth-order valence-corrected chi connectivity index (χ4v) is 0.289. The highest BCUT2D eigenvalue weighted by Gasteiger charge is 1.67. The minimum Gasteiger partial charge on any atom is -0.759 e. The van der Waals surface area contributed by atoms with Gasteiger partial charge in [0.05, 0.1) is 13.1 Å². The number of hydrogen-bond acceptors (Lipinski definition) is 4. The summed E-state index contributed by atoms with van der Waals surface area (Å²) in [5.41, 5.74) is 0. The molecule has 0 aromatic rings. The van der Waals surface area contributed by atoms with Crippen molar-refractivity contribution in [2.45, 2.75) is 13.8 Å². The van der Waals surface area contributed by atoms with Crippen molar-refractivity contribution in [3.63, 3.8) is 0 Å². The fraction of sp³-hybridized carbons (Fsp3) is 1.00. The average Bonchev–Trinajstić information content (AvgIpc) is 1.63. The maximum atomic E-state index is 8.52. The Morgan fingerprint density at radius 3 is 1.40 bits per heavy atom. The van der Waals surface area contributed by atoms with Gasteiger partial charge in [0.1, 0.15) is 0 Å². The van der Waals surface area contributed by atoms with Crippen LogP contribution in [0.5, 0.6) is 0 Å². The summed E-state index contributed by atoms with van der Waals surface area (Å²) in [5.74, 6) is 0. The van der Waals surface area contributed by atoms with Gasteiger partial charge in [-0.3, -0.25) is 8.42 Å². The Balaban J connectivity index is 0. The molecular weight excluding hydrogens is 158 g/mol. The summed E-state index contributed by atoms with van der Waals surface area (Å²) in [4.78, 5) is 0. The zero-order valence-electron chi connectivity index (χ0n) is 6.03. The Bertz CT molecular complexity index is 131. The van der Waals surface area contributed by atoms with Gasteiger partial charge in [-0.2, -0.15) is 0 Å². The molecule has 0 rings (SSSR count). The standard InChI is InChI=1S/C4H11N.H2O4S/c1-3-5-4-2;1-5(2,3)4/h5H,3-4H2,1-2H3;(H2,1,2,3,4)/p-1. The molecule has 0 bridgehead atoms. The largest absolute Gasteiger partial charge is 0.759 e. The third-order valence-corrected chi connectivity index (χ3v) is 0.577. The van der Waals surface area contributed by atoms with Crippen LogP contribution >= 0.6 is 0 Å². The van der Waals surface area contributed by atoms with Crippen LogP contribution in [0.2, 0.25) is 0 Å². The van der Waals surface area contributed by atoms with Crippen LogP contribution in [0.15, 0.2) is 0 Å². The van der Waals surface area contributed by atoms with Crippen LogP contribution in [0, 0.1) is 0 Å². The van der Waals surface area contributed by atoms with E-state index in [1.165, 1.54) is 13.1 Å². The molecule has 0 amide bonds. The van der Waals surface area contributed by atoms with Gasteiger partial charge in [-0.15, -0.1) is 0 Å². The molecule has 2 N–H and O–H groups in total. The molecule has 6 heteroatoms. The molecule has 0 aliphatic heterocycles. The van der Waals surface area contributed by atoms with Gasteiger partial charge in [-0.1, -0.05) is 0 Å². The minimum absolute atomic E-state index is 1.22. The lowest BCUT2D eigenvalue weighted by Gasteiger charge is -2.06. The minimum atomic E-state index is -5.17. The van der Waals surface area contributed by atoms with Crippen molar-refractivity contribution in [1.29, 1.82) is 0 Å². The highest BCUT2D eigenvalue weighted by Crippen LogP contribution is 1.57. The van der Waals surface area contributed by atoms with E-state index in [-0.39, 0.29) is 0 Å². The van der Waals surface area contributed by atoms with Crippen LogP contribution in [0.3, 0.4) is 0 Å². The maximum absolute atomic E-state index is 8.52. The molecule has 0 saturated carbocycles. The Morgan fingerprint density at radius 2 is 1.40 bits per heavy atom. The van der Waals surface area contributed by atoms with Gasteiger partial charge in [0.15, 0.2) is 0 Å². The first-order chi connectivity index (χ1) is 4.41. The molecule has 0 heterocycles. The second-order valence-electron chi connectivity index (χ2n) is 1.51. The van der Waals surface area contributed by atoms with Gasteiger partial charge in [0.2, 0.25) is 0 Å². The molecule has 0 unspecified atom stereocenters. The van der Waals surface area contributed by atoms with E-state index in [0.717, 1.165) is 0 Å². The lowest BCUT2D eigenvalue weighted by atomic mass is 10.7. The predicted molar refractivity (Wildman–Crippen MR) is 33.5 cm³/mol. The van der Waals surface area contributed by atoms with E-state index in [1.54, 1.807) is 0 Å². The summed E-state index contributed by atoms with van der Waals surface area (Å²) >= 11 is 0. The van der Waals surface area contributed by atoms with Gasteiger partial charge in [-0.25, -0.2) is 0 Å². The number of quaternary nitrogens is 1. The van der Waals surface area contributed by atoms with E-state index < -0.39 is 10.4 Å². The molecule has 0 spiro atoms. The molecule has 0 aromatic heterocycles. The molecule has 10 heavy (non-hydrogen) atoms. The van der Waals surface area contributed by atoms with Crippen LogP contribution in [0.1, 0.15) is 13.8 Å². The summed E-state index contributed by atoms with van der Waals surface area (Å²) in [6.45, 7) is 6.75. The molecule has 0 fully saturated rings. The summed E-state index contributed by atoms with van der Waals surface area (Å²) in [7, 11) is -5.17. The third kappa shape index (κ3) is 109. The zero-order chi connectivity index (χ0) is 8.62. The average molecular weight is 170 g/mol. The monoisotopic (exact) mass is 170 g/mol. The number of hydrogen-bond donors (Lipinski definition) is 1. The lowest BCUT2D eigenvalue weighted by molar-refractivity contribution is -0.648. The third-order valence-electron chi connectivity index (χ3n) is 0.577. The van der Waals surface area contributed by atoms with E-state index in [4.69, 9.17) is 17.5 Å². The summed E-state index contributed by atoms with van der Waals surface area (Å²) < 4.78 is 34.1. The summed E-state index contributed by atoms with van der Waals surface area (Å²) in [6.07, 6.45) is 0. The van der Waals surface area contributed by atoms with Crippen LogP contribution in [-0.4, -0.2) is 30.6 Å². The SMILES string of the molecule is CC[NH2+]CC.O=S(=O)([O-])[O-]. The molecule has 0 saturated heterocycles. The molecule has 0 aliphatic rings. The molecule has 0 atom stereocenters. The van der Waals surface area contributed by atoms with Crippen molar-refractivity contribution in [3.8, 4) is 0 Å². The van der Waals surface area contributed by atoms with Crippen molar-refractivity contribution < 1.29 is 22.8 Å². The number of nitrogens with two attached hydrogens (primary N) is 1. The first kappa shape index (κ1) is 12.5. The van der Waals surface area contributed by atoms with Crippen molar-refractivity contribution >= 4 is 10.4 Å². The second kappa shape index (κ2) is 6.94. The van der Waals surface area contributed by atoms with E-state index >= 15 is 0 Å². The van der Waals surface area contributed by atoms with Crippen LogP contribution in [0.4, 0.5) is 0 Å².